The van der Waals surface area contributed by atoms with Crippen LogP contribution in [0.15, 0.2) is 79.0 Å². The van der Waals surface area contributed by atoms with Gasteiger partial charge in [-0.25, -0.2) is 4.68 Å². The highest BCUT2D eigenvalue weighted by Gasteiger charge is 2.15. The average molecular weight is 513 g/mol. The van der Waals surface area contributed by atoms with Crippen molar-refractivity contribution in [2.24, 2.45) is 0 Å². The number of hydrogen-bond donors (Lipinski definition) is 1. The molecule has 0 atom stereocenters. The van der Waals surface area contributed by atoms with Gasteiger partial charge in [-0.3, -0.25) is 4.79 Å². The molecule has 172 valence electrons. The van der Waals surface area contributed by atoms with E-state index < -0.39 is 0 Å². The van der Waals surface area contributed by atoms with Crippen molar-refractivity contribution in [2.45, 2.75) is 6.54 Å². The second-order valence-corrected chi connectivity index (χ2v) is 8.60. The van der Waals surface area contributed by atoms with Gasteiger partial charge in [-0.15, -0.1) is 0 Å². The molecule has 4 rings (SSSR count). The Bertz CT molecular complexity index is 1350. The molecule has 1 N–H and O–H groups in total. The first kappa shape index (κ1) is 23.9. The monoisotopic (exact) mass is 511 g/mol. The van der Waals surface area contributed by atoms with Crippen molar-refractivity contribution in [1.82, 2.24) is 15.1 Å². The summed E-state index contributed by atoms with van der Waals surface area (Å²) in [6, 6.07) is 20.3. The van der Waals surface area contributed by atoms with Crippen LogP contribution in [0.25, 0.3) is 23.0 Å². The van der Waals surface area contributed by atoms with E-state index in [1.165, 1.54) is 6.08 Å². The summed E-state index contributed by atoms with van der Waals surface area (Å²) in [6.45, 7) is 0.267. The molecule has 1 aromatic heterocycles. The molecule has 0 saturated heterocycles. The van der Waals surface area contributed by atoms with E-state index >= 15 is 0 Å². The maximum absolute atomic E-state index is 12.5. The lowest BCUT2D eigenvalue weighted by Crippen LogP contribution is -2.20. The van der Waals surface area contributed by atoms with Crippen LogP contribution in [-0.4, -0.2) is 22.8 Å². The van der Waals surface area contributed by atoms with Crippen molar-refractivity contribution in [3.05, 3.63) is 105 Å². The molecule has 4 aromatic rings. The summed E-state index contributed by atoms with van der Waals surface area (Å²) in [5, 5.41) is 9.15. The molecular formula is C26H20Cl3N3O2. The maximum Gasteiger partial charge on any atom is 0.244 e. The van der Waals surface area contributed by atoms with Gasteiger partial charge in [0.15, 0.2) is 0 Å². The molecule has 0 aliphatic carbocycles. The molecule has 8 heteroatoms. The fraction of sp³-hybridized carbons (Fsp3) is 0.0769. The van der Waals surface area contributed by atoms with E-state index in [0.29, 0.717) is 32.1 Å². The van der Waals surface area contributed by atoms with Crippen LogP contribution in [0.5, 0.6) is 5.75 Å². The van der Waals surface area contributed by atoms with Gasteiger partial charge in [-0.05, 0) is 54.1 Å². The molecule has 0 aliphatic rings. The van der Waals surface area contributed by atoms with Crippen molar-refractivity contribution in [3.63, 3.8) is 0 Å². The van der Waals surface area contributed by atoms with E-state index in [-0.39, 0.29) is 12.5 Å². The van der Waals surface area contributed by atoms with Gasteiger partial charge in [0.05, 0.1) is 23.5 Å². The topological polar surface area (TPSA) is 56.1 Å². The molecule has 0 aliphatic heterocycles. The Hall–Kier alpha value is -3.25. The van der Waals surface area contributed by atoms with E-state index in [2.05, 4.69) is 5.32 Å². The summed E-state index contributed by atoms with van der Waals surface area (Å²) in [6.07, 6.45) is 4.97. The number of carbonyl (C=O) groups is 1. The predicted octanol–water partition coefficient (Wildman–Crippen LogP) is 6.84. The molecule has 1 heterocycles. The van der Waals surface area contributed by atoms with E-state index in [1.54, 1.807) is 48.2 Å². The number of ether oxygens (including phenoxy) is 1. The number of carbonyl (C=O) groups excluding carboxylic acids is 1. The lowest BCUT2D eigenvalue weighted by molar-refractivity contribution is -0.116. The van der Waals surface area contributed by atoms with Gasteiger partial charge in [0.25, 0.3) is 0 Å². The maximum atomic E-state index is 12.5. The number of nitrogens with zero attached hydrogens (tertiary/aromatic N) is 2. The Balaban J connectivity index is 1.58. The van der Waals surface area contributed by atoms with Crippen molar-refractivity contribution < 1.29 is 9.53 Å². The first-order chi connectivity index (χ1) is 16.4. The van der Waals surface area contributed by atoms with Crippen molar-refractivity contribution in [2.75, 3.05) is 7.11 Å². The third-order valence-electron chi connectivity index (χ3n) is 5.07. The van der Waals surface area contributed by atoms with Crippen LogP contribution in [0.1, 0.15) is 11.1 Å². The fourth-order valence-corrected chi connectivity index (χ4v) is 4.08. The second-order valence-electron chi connectivity index (χ2n) is 7.35. The fourth-order valence-electron chi connectivity index (χ4n) is 3.35. The number of hydrogen-bond acceptors (Lipinski definition) is 3. The smallest absolute Gasteiger partial charge is 0.244 e. The standard InChI is InChI=1S/C26H20Cl3N3O2/c1-34-24-11-8-18(13-23(24)29)26-19(16-32(31-26)21-5-3-2-4-6-21)15-30-25(33)12-9-17-7-10-20(27)14-22(17)28/h2-14,16H,15H2,1H3,(H,30,33). The van der Waals surface area contributed by atoms with Gasteiger partial charge in [-0.1, -0.05) is 59.1 Å². The zero-order valence-corrected chi connectivity index (χ0v) is 20.4. The van der Waals surface area contributed by atoms with E-state index in [0.717, 1.165) is 16.8 Å². The molecule has 3 aromatic carbocycles. The summed E-state index contributed by atoms with van der Waals surface area (Å²) in [7, 11) is 1.57. The molecular weight excluding hydrogens is 493 g/mol. The molecule has 0 spiro atoms. The number of benzene rings is 3. The Morgan fingerprint density at radius 2 is 1.82 bits per heavy atom. The number of nitrogens with one attached hydrogen (secondary N) is 1. The van der Waals surface area contributed by atoms with E-state index in [9.17, 15) is 4.79 Å². The predicted molar refractivity (Wildman–Crippen MR) is 138 cm³/mol. The highest BCUT2D eigenvalue weighted by molar-refractivity contribution is 6.35. The van der Waals surface area contributed by atoms with Crippen LogP contribution in [0, 0.1) is 0 Å². The molecule has 34 heavy (non-hydrogen) atoms. The SMILES string of the molecule is COc1ccc(-c2nn(-c3ccccc3)cc2CNC(=O)C=Cc2ccc(Cl)cc2Cl)cc1Cl. The van der Waals surface area contributed by atoms with E-state index in [4.69, 9.17) is 44.6 Å². The van der Waals surface area contributed by atoms with Crippen molar-refractivity contribution in [1.29, 1.82) is 0 Å². The third-order valence-corrected chi connectivity index (χ3v) is 5.92. The zero-order chi connectivity index (χ0) is 24.1. The molecule has 0 bridgehead atoms. The number of amides is 1. The highest BCUT2D eigenvalue weighted by Crippen LogP contribution is 2.31. The van der Waals surface area contributed by atoms with Crippen molar-refractivity contribution in [3.8, 4) is 22.7 Å². The molecule has 0 radical (unpaired) electrons. The van der Waals surface area contributed by atoms with Crippen LogP contribution < -0.4 is 10.1 Å². The lowest BCUT2D eigenvalue weighted by atomic mass is 10.1. The summed E-state index contributed by atoms with van der Waals surface area (Å²) in [4.78, 5) is 12.5. The third kappa shape index (κ3) is 5.62. The highest BCUT2D eigenvalue weighted by atomic mass is 35.5. The minimum Gasteiger partial charge on any atom is -0.495 e. The quantitative estimate of drug-likeness (QED) is 0.276. The van der Waals surface area contributed by atoms with Crippen LogP contribution in [0.2, 0.25) is 15.1 Å². The minimum atomic E-state index is -0.266. The minimum absolute atomic E-state index is 0.266. The second kappa shape index (κ2) is 10.8. The Morgan fingerprint density at radius 1 is 1.03 bits per heavy atom. The summed E-state index contributed by atoms with van der Waals surface area (Å²) >= 11 is 18.4. The largest absolute Gasteiger partial charge is 0.495 e. The van der Waals surface area contributed by atoms with Crippen LogP contribution in [0.3, 0.4) is 0 Å². The van der Waals surface area contributed by atoms with Gasteiger partial charge in [-0.2, -0.15) is 5.10 Å². The number of rotatable bonds is 7. The van der Waals surface area contributed by atoms with Crippen LogP contribution in [-0.2, 0) is 11.3 Å². The summed E-state index contributed by atoms with van der Waals surface area (Å²) < 4.78 is 7.04. The number of methoxy groups -OCH3 is 1. The molecule has 0 saturated carbocycles. The zero-order valence-electron chi connectivity index (χ0n) is 18.1. The molecule has 5 nitrogen and oxygen atoms in total. The van der Waals surface area contributed by atoms with E-state index in [1.807, 2.05) is 42.6 Å². The van der Waals surface area contributed by atoms with Gasteiger partial charge in [0, 0.05) is 40.0 Å². The Labute approximate surface area is 212 Å². The molecule has 0 fully saturated rings. The van der Waals surface area contributed by atoms with Gasteiger partial charge in [0.1, 0.15) is 5.75 Å². The van der Waals surface area contributed by atoms with Gasteiger partial charge < -0.3 is 10.1 Å². The number of aromatic nitrogens is 2. The normalized spacial score (nSPS) is 11.1. The van der Waals surface area contributed by atoms with Gasteiger partial charge in [0.2, 0.25) is 5.91 Å². The van der Waals surface area contributed by atoms with Crippen molar-refractivity contribution >= 4 is 46.8 Å². The molecule has 0 unspecified atom stereocenters. The summed E-state index contributed by atoms with van der Waals surface area (Å²) in [5.41, 5.74) is 3.95. The summed E-state index contributed by atoms with van der Waals surface area (Å²) in [5.74, 6) is 0.311. The first-order valence-electron chi connectivity index (χ1n) is 10.3. The Morgan fingerprint density at radius 3 is 2.53 bits per heavy atom. The van der Waals surface area contributed by atoms with Gasteiger partial charge >= 0.3 is 0 Å². The van der Waals surface area contributed by atoms with Crippen LogP contribution >= 0.6 is 34.8 Å². The average Bonchev–Trinajstić information content (AvgIpc) is 3.27. The molecule has 1 amide bonds. The number of halogens is 3. The first-order valence-corrected chi connectivity index (χ1v) is 11.5. The van der Waals surface area contributed by atoms with Crippen LogP contribution in [0.4, 0.5) is 0 Å². The Kier molecular flexibility index (Phi) is 7.58. The number of para-hydroxylation sites is 1. The lowest BCUT2D eigenvalue weighted by Gasteiger charge is -2.07.